The smallest absolute Gasteiger partial charge is 0.283 e. The number of hydrogen-bond acceptors (Lipinski definition) is 3. The van der Waals surface area contributed by atoms with Crippen molar-refractivity contribution in [2.24, 2.45) is 0 Å². The summed E-state index contributed by atoms with van der Waals surface area (Å²) in [7, 11) is 0. The second kappa shape index (κ2) is 4.03. The molecule has 0 N–H and O–H groups in total. The molecule has 13 heavy (non-hydrogen) atoms. The van der Waals surface area contributed by atoms with Gasteiger partial charge in [-0.3, -0.25) is 0 Å². The van der Waals surface area contributed by atoms with Crippen LogP contribution in [0.3, 0.4) is 0 Å². The average Bonchev–Trinajstić information content (AvgIpc) is 2.74. The fraction of sp³-hybridized carbons (Fsp3) is 1.00. The van der Waals surface area contributed by atoms with E-state index in [0.29, 0.717) is 12.5 Å². The monoisotopic (exact) mass is 270 g/mol. The lowest BCUT2D eigenvalue weighted by molar-refractivity contribution is -0.322. The Morgan fingerprint density at radius 3 is 2.69 bits per heavy atom. The van der Waals surface area contributed by atoms with Crippen molar-refractivity contribution in [3.8, 4) is 0 Å². The quantitative estimate of drug-likeness (QED) is 0.718. The molecule has 3 nitrogen and oxygen atoms in total. The van der Waals surface area contributed by atoms with Crippen molar-refractivity contribution in [2.45, 2.75) is 31.0 Å². The van der Waals surface area contributed by atoms with E-state index in [9.17, 15) is 0 Å². The van der Waals surface area contributed by atoms with Crippen LogP contribution in [0.2, 0.25) is 0 Å². The Morgan fingerprint density at radius 2 is 2.15 bits per heavy atom. The average molecular weight is 272 g/mol. The van der Waals surface area contributed by atoms with E-state index in [-0.39, 0.29) is 12.2 Å². The highest BCUT2D eigenvalue weighted by atomic mass is 79.9. The zero-order valence-corrected chi connectivity index (χ0v) is 9.51. The maximum Gasteiger partial charge on any atom is 0.283 e. The summed E-state index contributed by atoms with van der Waals surface area (Å²) >= 11 is 9.05. The summed E-state index contributed by atoms with van der Waals surface area (Å²) in [5, 5.41) is 0.826. The third-order valence-corrected chi connectivity index (χ3v) is 3.36. The van der Waals surface area contributed by atoms with E-state index in [0.717, 1.165) is 18.2 Å². The van der Waals surface area contributed by atoms with Crippen LogP contribution in [0, 0.1) is 0 Å². The first-order valence-electron chi connectivity index (χ1n) is 4.39. The van der Waals surface area contributed by atoms with Gasteiger partial charge in [-0.2, -0.15) is 0 Å². The summed E-state index contributed by atoms with van der Waals surface area (Å²) < 4.78 is 16.7. The van der Waals surface area contributed by atoms with Gasteiger partial charge < -0.3 is 14.2 Å². The summed E-state index contributed by atoms with van der Waals surface area (Å²) in [4.78, 5) is 0. The second-order valence-electron chi connectivity index (χ2n) is 3.32. The van der Waals surface area contributed by atoms with Crippen LogP contribution >= 0.6 is 27.5 Å². The molecule has 3 atom stereocenters. The van der Waals surface area contributed by atoms with Gasteiger partial charge in [0.2, 0.25) is 0 Å². The van der Waals surface area contributed by atoms with Crippen LogP contribution in [-0.2, 0) is 14.2 Å². The molecule has 2 aliphatic heterocycles. The van der Waals surface area contributed by atoms with Crippen molar-refractivity contribution in [3.05, 3.63) is 0 Å². The lowest BCUT2D eigenvalue weighted by Gasteiger charge is -2.21. The van der Waals surface area contributed by atoms with E-state index in [1.165, 1.54) is 0 Å². The summed E-state index contributed by atoms with van der Waals surface area (Å²) in [6.45, 7) is 0.540. The normalized spacial score (nSPS) is 44.8. The van der Waals surface area contributed by atoms with Crippen LogP contribution in [-0.4, -0.2) is 36.0 Å². The molecule has 2 fully saturated rings. The Kier molecular flexibility index (Phi) is 3.15. The van der Waals surface area contributed by atoms with Gasteiger partial charge in [-0.25, -0.2) is 0 Å². The zero-order chi connectivity index (χ0) is 9.31. The minimum Gasteiger partial charge on any atom is -0.325 e. The molecule has 2 aliphatic rings. The third-order valence-electron chi connectivity index (χ3n) is 2.30. The Hall–Kier alpha value is 0.650. The van der Waals surface area contributed by atoms with Gasteiger partial charge >= 0.3 is 0 Å². The molecule has 0 amide bonds. The summed E-state index contributed by atoms with van der Waals surface area (Å²) in [6.07, 6.45) is 1.96. The van der Waals surface area contributed by atoms with Gasteiger partial charge in [-0.05, 0) is 6.42 Å². The zero-order valence-electron chi connectivity index (χ0n) is 7.17. The third kappa shape index (κ3) is 2.02. The van der Waals surface area contributed by atoms with E-state index < -0.39 is 5.97 Å². The van der Waals surface area contributed by atoms with Crippen LogP contribution in [0.25, 0.3) is 0 Å². The van der Waals surface area contributed by atoms with Crippen LogP contribution in [0.15, 0.2) is 0 Å². The van der Waals surface area contributed by atoms with E-state index in [1.54, 1.807) is 0 Å². The van der Waals surface area contributed by atoms with Crippen LogP contribution in [0.5, 0.6) is 0 Å². The van der Waals surface area contributed by atoms with Crippen molar-refractivity contribution in [3.63, 3.8) is 0 Å². The fourth-order valence-electron chi connectivity index (χ4n) is 1.63. The first kappa shape index (κ1) is 10.2. The number of halogens is 2. The summed E-state index contributed by atoms with van der Waals surface area (Å²) in [6, 6.07) is 0. The Balaban J connectivity index is 1.93. The van der Waals surface area contributed by atoms with Gasteiger partial charge in [-0.15, -0.1) is 11.6 Å². The molecule has 76 valence electrons. The van der Waals surface area contributed by atoms with Gasteiger partial charge in [0.1, 0.15) is 6.10 Å². The van der Waals surface area contributed by atoms with Crippen molar-refractivity contribution in [1.82, 2.24) is 0 Å². The highest BCUT2D eigenvalue weighted by Gasteiger charge is 2.48. The molecule has 1 spiro atoms. The maximum atomic E-state index is 5.67. The van der Waals surface area contributed by atoms with Crippen molar-refractivity contribution >= 4 is 27.5 Å². The number of ether oxygens (including phenoxy) is 3. The number of alkyl halides is 2. The first-order valence-corrected chi connectivity index (χ1v) is 6.05. The van der Waals surface area contributed by atoms with E-state index in [4.69, 9.17) is 25.8 Å². The molecule has 0 aromatic carbocycles. The van der Waals surface area contributed by atoms with Crippen molar-refractivity contribution in [2.75, 3.05) is 17.8 Å². The predicted molar refractivity (Wildman–Crippen MR) is 52.2 cm³/mol. The molecule has 0 aromatic rings. The minimum atomic E-state index is -0.780. The molecule has 5 heteroatoms. The first-order chi connectivity index (χ1) is 6.28. The van der Waals surface area contributed by atoms with Gasteiger partial charge in [0, 0.05) is 11.8 Å². The Bertz CT molecular complexity index is 170. The molecule has 0 radical (unpaired) electrons. The highest BCUT2D eigenvalue weighted by molar-refractivity contribution is 9.09. The van der Waals surface area contributed by atoms with Crippen LogP contribution in [0.1, 0.15) is 12.8 Å². The molecule has 0 bridgehead atoms. The van der Waals surface area contributed by atoms with E-state index >= 15 is 0 Å². The minimum absolute atomic E-state index is 0.0178. The number of rotatable bonds is 2. The van der Waals surface area contributed by atoms with Gasteiger partial charge in [0.05, 0.1) is 18.6 Å². The predicted octanol–water partition coefficient (Wildman–Crippen LogP) is 1.87. The Morgan fingerprint density at radius 1 is 1.38 bits per heavy atom. The molecular formula is C8H12BrClO3. The standard InChI is InChI=1S/C8H12BrClO3/c9-3-6-1-2-8(12-6)11-5-7(4-10)13-8/h6-7H,1-5H2. The van der Waals surface area contributed by atoms with E-state index in [2.05, 4.69) is 15.9 Å². The van der Waals surface area contributed by atoms with Gasteiger partial charge in [-0.1, -0.05) is 15.9 Å². The second-order valence-corrected chi connectivity index (χ2v) is 4.28. The molecule has 2 heterocycles. The van der Waals surface area contributed by atoms with Crippen molar-refractivity contribution < 1.29 is 14.2 Å². The lowest BCUT2D eigenvalue weighted by Crippen LogP contribution is -2.31. The molecule has 0 saturated carbocycles. The lowest BCUT2D eigenvalue weighted by atomic mass is 10.2. The molecule has 2 rings (SSSR count). The Labute approximate surface area is 90.8 Å². The molecule has 0 aromatic heterocycles. The summed E-state index contributed by atoms with van der Waals surface area (Å²) in [5.74, 6) is -0.317. The van der Waals surface area contributed by atoms with E-state index in [1.807, 2.05) is 0 Å². The maximum absolute atomic E-state index is 5.67. The number of hydrogen-bond donors (Lipinski definition) is 0. The molecule has 2 saturated heterocycles. The highest BCUT2D eigenvalue weighted by Crippen LogP contribution is 2.38. The molecule has 0 aliphatic carbocycles. The fourth-order valence-corrected chi connectivity index (χ4v) is 2.24. The summed E-state index contributed by atoms with van der Waals surface area (Å²) in [5.41, 5.74) is 0. The molecule has 3 unspecified atom stereocenters. The SMILES string of the molecule is ClCC1COC2(CCC(CBr)O2)O1. The van der Waals surface area contributed by atoms with Crippen LogP contribution in [0.4, 0.5) is 0 Å². The largest absolute Gasteiger partial charge is 0.325 e. The van der Waals surface area contributed by atoms with Gasteiger partial charge in [0.15, 0.2) is 0 Å². The van der Waals surface area contributed by atoms with Crippen molar-refractivity contribution in [1.29, 1.82) is 0 Å². The van der Waals surface area contributed by atoms with Crippen LogP contribution < -0.4 is 0 Å². The topological polar surface area (TPSA) is 27.7 Å². The molecular weight excluding hydrogens is 259 g/mol. The van der Waals surface area contributed by atoms with Gasteiger partial charge in [0.25, 0.3) is 5.97 Å².